The van der Waals surface area contributed by atoms with Gasteiger partial charge in [0.1, 0.15) is 0 Å². The number of nitrogens with zero attached hydrogens (tertiary/aromatic N) is 1. The summed E-state index contributed by atoms with van der Waals surface area (Å²) in [5, 5.41) is 34.0. The van der Waals surface area contributed by atoms with Gasteiger partial charge in [-0.25, -0.2) is 0 Å². The van der Waals surface area contributed by atoms with E-state index in [4.69, 9.17) is 4.74 Å². The van der Waals surface area contributed by atoms with Gasteiger partial charge in [-0.1, -0.05) is 13.3 Å². The number of benzene rings is 2. The Kier molecular flexibility index (Phi) is 5.68. The number of phenols is 3. The maximum atomic E-state index is 10.3. The Balaban J connectivity index is 1.43. The molecule has 3 aliphatic rings. The van der Waals surface area contributed by atoms with Crippen molar-refractivity contribution in [2.75, 3.05) is 26.7 Å². The molecule has 32 heavy (non-hydrogen) atoms. The van der Waals surface area contributed by atoms with Crippen LogP contribution < -0.4 is 10.1 Å². The molecule has 0 bridgehead atoms. The Morgan fingerprint density at radius 1 is 0.969 bits per heavy atom. The van der Waals surface area contributed by atoms with Crippen LogP contribution in [0.2, 0.25) is 0 Å². The molecule has 6 heteroatoms. The Morgan fingerprint density at radius 2 is 1.72 bits per heavy atom. The van der Waals surface area contributed by atoms with Crippen LogP contribution in [0.5, 0.6) is 23.0 Å². The van der Waals surface area contributed by atoms with Crippen LogP contribution in [-0.4, -0.2) is 47.0 Å². The molecule has 1 saturated heterocycles. The summed E-state index contributed by atoms with van der Waals surface area (Å²) >= 11 is 0. The van der Waals surface area contributed by atoms with E-state index in [-0.39, 0.29) is 23.3 Å². The molecule has 0 saturated carbocycles. The third-order valence-corrected chi connectivity index (χ3v) is 8.03. The number of fused-ring (bicyclic) bond motifs is 4. The van der Waals surface area contributed by atoms with Crippen LogP contribution in [0.3, 0.4) is 0 Å². The van der Waals surface area contributed by atoms with Gasteiger partial charge in [0.2, 0.25) is 0 Å². The zero-order valence-corrected chi connectivity index (χ0v) is 19.0. The van der Waals surface area contributed by atoms with Crippen molar-refractivity contribution in [3.8, 4) is 23.0 Å². The fraction of sp³-hybridized carbons (Fsp3) is 0.538. The van der Waals surface area contributed by atoms with Crippen molar-refractivity contribution in [2.45, 2.75) is 51.1 Å². The van der Waals surface area contributed by atoms with E-state index in [0.717, 1.165) is 62.9 Å². The van der Waals surface area contributed by atoms with Gasteiger partial charge in [-0.2, -0.15) is 0 Å². The first-order chi connectivity index (χ1) is 15.5. The molecule has 1 fully saturated rings. The zero-order valence-electron chi connectivity index (χ0n) is 19.0. The molecular formula is C26H34N2O4. The van der Waals surface area contributed by atoms with Crippen LogP contribution in [0.1, 0.15) is 60.5 Å². The Hall–Kier alpha value is -2.44. The quantitative estimate of drug-likeness (QED) is 0.540. The molecular weight excluding hydrogens is 404 g/mol. The van der Waals surface area contributed by atoms with Crippen LogP contribution in [0.4, 0.5) is 0 Å². The van der Waals surface area contributed by atoms with Crippen LogP contribution in [0.15, 0.2) is 24.3 Å². The van der Waals surface area contributed by atoms with Crippen molar-refractivity contribution >= 4 is 0 Å². The number of piperidine rings is 1. The van der Waals surface area contributed by atoms with Crippen LogP contribution in [-0.2, 0) is 12.8 Å². The van der Waals surface area contributed by atoms with Crippen molar-refractivity contribution < 1.29 is 20.1 Å². The monoisotopic (exact) mass is 438 g/mol. The zero-order chi connectivity index (χ0) is 22.4. The minimum absolute atomic E-state index is 0.0276. The average molecular weight is 439 g/mol. The molecule has 4 N–H and O–H groups in total. The van der Waals surface area contributed by atoms with Gasteiger partial charge in [-0.3, -0.25) is 4.90 Å². The molecule has 0 radical (unpaired) electrons. The van der Waals surface area contributed by atoms with Crippen LogP contribution in [0, 0.1) is 11.8 Å². The molecule has 0 amide bonds. The predicted molar refractivity (Wildman–Crippen MR) is 123 cm³/mol. The molecule has 3 heterocycles. The molecule has 0 spiro atoms. The summed E-state index contributed by atoms with van der Waals surface area (Å²) in [4.78, 5) is 2.62. The largest absolute Gasteiger partial charge is 0.504 e. The lowest BCUT2D eigenvalue weighted by Crippen LogP contribution is -2.46. The molecule has 0 aromatic heterocycles. The standard InChI is InChI=1S/C26H34N2O4/c1-3-15-14-28-7-5-17-11-25(31)26(32-2)13-20(17)22(28)9-18(15)8-21-19-12-24(30)23(29)10-16(19)4-6-27-21/h10-13,15,18,21-22,27,29-31H,3-9,14H2,1-2H3/t15-,18-,21+,22-/m0/s1. The van der Waals surface area contributed by atoms with E-state index < -0.39 is 0 Å². The van der Waals surface area contributed by atoms with Gasteiger partial charge in [0.05, 0.1) is 7.11 Å². The first kappa shape index (κ1) is 21.4. The summed E-state index contributed by atoms with van der Waals surface area (Å²) in [6.07, 6.45) is 5.08. The summed E-state index contributed by atoms with van der Waals surface area (Å²) in [5.74, 6) is 1.89. The molecule has 3 aliphatic heterocycles. The second kappa shape index (κ2) is 8.49. The number of nitrogens with one attached hydrogen (secondary N) is 1. The topological polar surface area (TPSA) is 85.2 Å². The molecule has 0 aliphatic carbocycles. The van der Waals surface area contributed by atoms with Crippen molar-refractivity contribution in [3.05, 3.63) is 46.5 Å². The van der Waals surface area contributed by atoms with Crippen molar-refractivity contribution in [3.63, 3.8) is 0 Å². The van der Waals surface area contributed by atoms with E-state index in [1.54, 1.807) is 19.2 Å². The number of hydrogen-bond donors (Lipinski definition) is 4. The van der Waals surface area contributed by atoms with Gasteiger partial charge in [0.15, 0.2) is 23.0 Å². The highest BCUT2D eigenvalue weighted by molar-refractivity contribution is 5.49. The van der Waals surface area contributed by atoms with Crippen LogP contribution >= 0.6 is 0 Å². The molecule has 2 aromatic carbocycles. The molecule has 0 unspecified atom stereocenters. The number of hydrogen-bond acceptors (Lipinski definition) is 6. The van der Waals surface area contributed by atoms with Gasteiger partial charge in [0, 0.05) is 25.2 Å². The van der Waals surface area contributed by atoms with Crippen LogP contribution in [0.25, 0.3) is 0 Å². The summed E-state index contributed by atoms with van der Waals surface area (Å²) in [5.41, 5.74) is 4.79. The minimum atomic E-state index is -0.0348. The second-order valence-corrected chi connectivity index (χ2v) is 9.68. The van der Waals surface area contributed by atoms with Gasteiger partial charge in [-0.05, 0) is 90.6 Å². The van der Waals surface area contributed by atoms with Gasteiger partial charge in [-0.15, -0.1) is 0 Å². The Labute approximate surface area is 189 Å². The number of phenolic OH excluding ortho intramolecular Hbond substituents is 3. The van der Waals surface area contributed by atoms with E-state index in [1.165, 1.54) is 11.1 Å². The number of ether oxygens (including phenoxy) is 1. The normalized spacial score (nSPS) is 27.3. The third-order valence-electron chi connectivity index (χ3n) is 8.03. The minimum Gasteiger partial charge on any atom is -0.504 e. The van der Waals surface area contributed by atoms with E-state index in [1.807, 2.05) is 12.1 Å². The van der Waals surface area contributed by atoms with E-state index in [9.17, 15) is 15.3 Å². The lowest BCUT2D eigenvalue weighted by atomic mass is 9.72. The maximum absolute atomic E-state index is 10.3. The Morgan fingerprint density at radius 3 is 2.50 bits per heavy atom. The van der Waals surface area contributed by atoms with Gasteiger partial charge < -0.3 is 25.4 Å². The van der Waals surface area contributed by atoms with E-state index in [2.05, 4.69) is 17.1 Å². The highest BCUT2D eigenvalue weighted by Crippen LogP contribution is 2.47. The number of rotatable bonds is 4. The number of aromatic hydroxyl groups is 3. The Bertz CT molecular complexity index is 1010. The highest BCUT2D eigenvalue weighted by Gasteiger charge is 2.40. The highest BCUT2D eigenvalue weighted by atomic mass is 16.5. The number of methoxy groups -OCH3 is 1. The molecule has 4 atom stereocenters. The SMILES string of the molecule is CC[C@H]1CN2CCc3cc(O)c(OC)cc3[C@@H]2C[C@@H]1C[C@H]1NCCc2cc(O)c(O)cc21. The van der Waals surface area contributed by atoms with Gasteiger partial charge >= 0.3 is 0 Å². The summed E-state index contributed by atoms with van der Waals surface area (Å²) in [6.45, 7) is 5.31. The maximum Gasteiger partial charge on any atom is 0.160 e. The summed E-state index contributed by atoms with van der Waals surface area (Å²) < 4.78 is 5.42. The third kappa shape index (κ3) is 3.69. The first-order valence-electron chi connectivity index (χ1n) is 11.9. The van der Waals surface area contributed by atoms with Crippen molar-refractivity contribution in [1.29, 1.82) is 0 Å². The fourth-order valence-corrected chi connectivity index (χ4v) is 6.29. The van der Waals surface area contributed by atoms with Crippen molar-refractivity contribution in [2.24, 2.45) is 11.8 Å². The molecule has 6 nitrogen and oxygen atoms in total. The van der Waals surface area contributed by atoms with Crippen molar-refractivity contribution in [1.82, 2.24) is 10.2 Å². The van der Waals surface area contributed by atoms with Gasteiger partial charge in [0.25, 0.3) is 0 Å². The lowest BCUT2D eigenvalue weighted by molar-refractivity contribution is 0.0435. The summed E-state index contributed by atoms with van der Waals surface area (Å²) in [6, 6.07) is 7.95. The smallest absolute Gasteiger partial charge is 0.160 e. The predicted octanol–water partition coefficient (Wildman–Crippen LogP) is 4.03. The lowest BCUT2D eigenvalue weighted by Gasteiger charge is -2.48. The molecule has 5 rings (SSSR count). The molecule has 2 aromatic rings. The average Bonchev–Trinajstić information content (AvgIpc) is 2.79. The van der Waals surface area contributed by atoms with E-state index in [0.29, 0.717) is 23.6 Å². The summed E-state index contributed by atoms with van der Waals surface area (Å²) in [7, 11) is 1.61. The molecule has 172 valence electrons. The second-order valence-electron chi connectivity index (χ2n) is 9.68. The van der Waals surface area contributed by atoms with E-state index >= 15 is 0 Å². The first-order valence-corrected chi connectivity index (χ1v) is 11.9. The fourth-order valence-electron chi connectivity index (χ4n) is 6.29.